The van der Waals surface area contributed by atoms with Crippen LogP contribution in [0.1, 0.15) is 17.2 Å². The molecule has 1 amide bonds. The fourth-order valence-corrected chi connectivity index (χ4v) is 3.51. The van der Waals surface area contributed by atoms with Gasteiger partial charge in [-0.05, 0) is 43.3 Å². The third-order valence-electron chi connectivity index (χ3n) is 5.18. The molecule has 0 saturated carbocycles. The predicted octanol–water partition coefficient (Wildman–Crippen LogP) is 4.60. The van der Waals surface area contributed by atoms with E-state index < -0.39 is 11.0 Å². The fraction of sp³-hybridized carbons (Fsp3) is 0.240. The van der Waals surface area contributed by atoms with Gasteiger partial charge in [-0.2, -0.15) is 0 Å². The Kier molecular flexibility index (Phi) is 7.99. The molecule has 0 saturated heterocycles. The number of rotatable bonds is 10. The van der Waals surface area contributed by atoms with Crippen molar-refractivity contribution in [3.8, 4) is 11.5 Å². The van der Waals surface area contributed by atoms with Crippen molar-refractivity contribution in [3.63, 3.8) is 0 Å². The Morgan fingerprint density at radius 3 is 2.39 bits per heavy atom. The van der Waals surface area contributed by atoms with E-state index in [1.807, 2.05) is 66.5 Å². The number of aryl methyl sites for hydroxylation is 1. The topological polar surface area (TPSA) is 93.9 Å². The summed E-state index contributed by atoms with van der Waals surface area (Å²) in [5.74, 6) is 0.876. The Morgan fingerprint density at radius 1 is 1.06 bits per heavy atom. The molecule has 0 bridgehead atoms. The number of carbonyl (C=O) groups is 1. The number of hydrogen-bond donors (Lipinski definition) is 1. The number of benzene rings is 3. The maximum absolute atomic E-state index is 13.3. The zero-order chi connectivity index (χ0) is 23.8. The van der Waals surface area contributed by atoms with E-state index in [0.717, 1.165) is 11.1 Å². The van der Waals surface area contributed by atoms with Crippen molar-refractivity contribution >= 4 is 17.3 Å². The van der Waals surface area contributed by atoms with Gasteiger partial charge in [-0.25, -0.2) is 0 Å². The smallest absolute Gasteiger partial charge is 0.293 e. The SMILES string of the molecule is COc1ccccc1OCCN(C)C(C(=O)Nc1ccc(C)cc1[N+](=O)[O-])c1ccccc1. The van der Waals surface area contributed by atoms with Gasteiger partial charge in [0.15, 0.2) is 11.5 Å². The number of likely N-dealkylation sites (N-methyl/N-ethyl adjacent to an activating group) is 1. The van der Waals surface area contributed by atoms with Crippen LogP contribution < -0.4 is 14.8 Å². The van der Waals surface area contributed by atoms with Gasteiger partial charge in [-0.15, -0.1) is 0 Å². The van der Waals surface area contributed by atoms with Gasteiger partial charge < -0.3 is 14.8 Å². The lowest BCUT2D eigenvalue weighted by atomic mass is 10.0. The number of anilines is 1. The summed E-state index contributed by atoms with van der Waals surface area (Å²) in [5.41, 5.74) is 1.53. The number of nitrogens with one attached hydrogen (secondary N) is 1. The lowest BCUT2D eigenvalue weighted by Crippen LogP contribution is -2.37. The maximum Gasteiger partial charge on any atom is 0.293 e. The van der Waals surface area contributed by atoms with Crippen LogP contribution in [-0.4, -0.2) is 43.0 Å². The summed E-state index contributed by atoms with van der Waals surface area (Å²) in [5, 5.41) is 14.2. The number of methoxy groups -OCH3 is 1. The monoisotopic (exact) mass is 449 g/mol. The number of para-hydroxylation sites is 2. The van der Waals surface area contributed by atoms with Gasteiger partial charge in [0.05, 0.1) is 12.0 Å². The second-order valence-electron chi connectivity index (χ2n) is 7.56. The average molecular weight is 450 g/mol. The molecule has 0 fully saturated rings. The summed E-state index contributed by atoms with van der Waals surface area (Å²) < 4.78 is 11.2. The maximum atomic E-state index is 13.3. The van der Waals surface area contributed by atoms with Crippen LogP contribution >= 0.6 is 0 Å². The van der Waals surface area contributed by atoms with Gasteiger partial charge in [0, 0.05) is 12.6 Å². The normalized spacial score (nSPS) is 11.6. The van der Waals surface area contributed by atoms with Crippen LogP contribution in [0.15, 0.2) is 72.8 Å². The largest absolute Gasteiger partial charge is 0.493 e. The van der Waals surface area contributed by atoms with Crippen LogP contribution in [0.25, 0.3) is 0 Å². The van der Waals surface area contributed by atoms with E-state index in [9.17, 15) is 14.9 Å². The molecule has 33 heavy (non-hydrogen) atoms. The summed E-state index contributed by atoms with van der Waals surface area (Å²) in [6.45, 7) is 2.51. The zero-order valence-corrected chi connectivity index (χ0v) is 18.9. The van der Waals surface area contributed by atoms with Crippen LogP contribution in [0.3, 0.4) is 0 Å². The van der Waals surface area contributed by atoms with E-state index >= 15 is 0 Å². The molecule has 0 spiro atoms. The van der Waals surface area contributed by atoms with Gasteiger partial charge in [-0.3, -0.25) is 19.8 Å². The number of nitro groups is 1. The van der Waals surface area contributed by atoms with Gasteiger partial charge in [-0.1, -0.05) is 48.5 Å². The summed E-state index contributed by atoms with van der Waals surface area (Å²) in [4.78, 5) is 26.1. The molecule has 0 aliphatic rings. The van der Waals surface area contributed by atoms with E-state index in [-0.39, 0.29) is 17.3 Å². The summed E-state index contributed by atoms with van der Waals surface area (Å²) in [6, 6.07) is 20.7. The average Bonchev–Trinajstić information content (AvgIpc) is 2.81. The first-order chi connectivity index (χ1) is 15.9. The van der Waals surface area contributed by atoms with Crippen molar-refractivity contribution in [2.45, 2.75) is 13.0 Å². The molecule has 3 aromatic carbocycles. The molecule has 1 atom stereocenters. The quantitative estimate of drug-likeness (QED) is 0.359. The molecule has 8 nitrogen and oxygen atoms in total. The highest BCUT2D eigenvalue weighted by atomic mass is 16.6. The van der Waals surface area contributed by atoms with E-state index in [0.29, 0.717) is 24.7 Å². The first-order valence-electron chi connectivity index (χ1n) is 10.5. The minimum Gasteiger partial charge on any atom is -0.493 e. The van der Waals surface area contributed by atoms with E-state index in [4.69, 9.17) is 9.47 Å². The number of hydrogen-bond acceptors (Lipinski definition) is 6. The number of nitrogens with zero attached hydrogens (tertiary/aromatic N) is 2. The number of nitro benzene ring substituents is 1. The van der Waals surface area contributed by atoms with Crippen molar-refractivity contribution in [1.82, 2.24) is 4.90 Å². The van der Waals surface area contributed by atoms with Crippen molar-refractivity contribution in [2.24, 2.45) is 0 Å². The molecule has 8 heteroatoms. The fourth-order valence-electron chi connectivity index (χ4n) is 3.51. The molecular formula is C25H27N3O5. The van der Waals surface area contributed by atoms with Crippen LogP contribution in [0.2, 0.25) is 0 Å². The second-order valence-corrected chi connectivity index (χ2v) is 7.56. The van der Waals surface area contributed by atoms with Crippen LogP contribution in [0.4, 0.5) is 11.4 Å². The van der Waals surface area contributed by atoms with Gasteiger partial charge in [0.2, 0.25) is 5.91 Å². The molecule has 0 radical (unpaired) electrons. The number of ether oxygens (including phenoxy) is 2. The predicted molar refractivity (Wildman–Crippen MR) is 127 cm³/mol. The molecule has 3 rings (SSSR count). The van der Waals surface area contributed by atoms with Crippen molar-refractivity contribution in [2.75, 3.05) is 32.6 Å². The minimum atomic E-state index is -0.673. The number of carbonyl (C=O) groups excluding carboxylic acids is 1. The molecule has 3 aromatic rings. The van der Waals surface area contributed by atoms with Gasteiger partial charge in [0.1, 0.15) is 18.3 Å². The summed E-state index contributed by atoms with van der Waals surface area (Å²) in [6.07, 6.45) is 0. The van der Waals surface area contributed by atoms with Crippen molar-refractivity contribution in [3.05, 3.63) is 94.0 Å². The third-order valence-corrected chi connectivity index (χ3v) is 5.18. The Hall–Kier alpha value is -3.91. The third kappa shape index (κ3) is 6.08. The summed E-state index contributed by atoms with van der Waals surface area (Å²) in [7, 11) is 3.39. The van der Waals surface area contributed by atoms with Gasteiger partial charge in [0.25, 0.3) is 5.69 Å². The Balaban J connectivity index is 1.77. The van der Waals surface area contributed by atoms with Crippen molar-refractivity contribution in [1.29, 1.82) is 0 Å². The molecule has 1 N–H and O–H groups in total. The first kappa shape index (κ1) is 23.7. The number of amides is 1. The Morgan fingerprint density at radius 2 is 1.73 bits per heavy atom. The standard InChI is InChI=1S/C25H27N3O5/c1-18-13-14-20(21(17-18)28(30)31)26-25(29)24(19-9-5-4-6-10-19)27(2)15-16-33-23-12-8-7-11-22(23)32-3/h4-14,17,24H,15-16H2,1-3H3,(H,26,29). The molecule has 1 unspecified atom stereocenters. The van der Waals surface area contributed by atoms with Crippen molar-refractivity contribution < 1.29 is 19.2 Å². The first-order valence-corrected chi connectivity index (χ1v) is 10.5. The molecule has 0 aliphatic carbocycles. The molecule has 0 aromatic heterocycles. The lowest BCUT2D eigenvalue weighted by Gasteiger charge is -2.27. The molecule has 0 aliphatic heterocycles. The minimum absolute atomic E-state index is 0.141. The molecular weight excluding hydrogens is 422 g/mol. The van der Waals surface area contributed by atoms with E-state index in [2.05, 4.69) is 5.32 Å². The van der Waals surface area contributed by atoms with E-state index in [1.54, 1.807) is 26.2 Å². The highest BCUT2D eigenvalue weighted by Crippen LogP contribution is 2.29. The molecule has 0 heterocycles. The highest BCUT2D eigenvalue weighted by Gasteiger charge is 2.27. The van der Waals surface area contributed by atoms with E-state index in [1.165, 1.54) is 6.07 Å². The molecule has 172 valence electrons. The Bertz CT molecular complexity index is 1100. The van der Waals surface area contributed by atoms with Crippen LogP contribution in [-0.2, 0) is 4.79 Å². The highest BCUT2D eigenvalue weighted by molar-refractivity contribution is 5.97. The van der Waals surface area contributed by atoms with Crippen LogP contribution in [0, 0.1) is 17.0 Å². The second kappa shape index (κ2) is 11.1. The van der Waals surface area contributed by atoms with Gasteiger partial charge >= 0.3 is 0 Å². The lowest BCUT2D eigenvalue weighted by molar-refractivity contribution is -0.384. The van der Waals surface area contributed by atoms with Crippen LogP contribution in [0.5, 0.6) is 11.5 Å². The summed E-state index contributed by atoms with van der Waals surface area (Å²) >= 11 is 0. The zero-order valence-electron chi connectivity index (χ0n) is 18.9. The Labute approximate surface area is 192 Å².